The van der Waals surface area contributed by atoms with Crippen molar-refractivity contribution in [1.82, 2.24) is 0 Å². The van der Waals surface area contributed by atoms with E-state index in [-0.39, 0.29) is 22.0 Å². The number of carbonyl (C=O) groups is 2. The van der Waals surface area contributed by atoms with Crippen LogP contribution in [0.4, 0.5) is 0 Å². The van der Waals surface area contributed by atoms with Gasteiger partial charge in [-0.05, 0) is 18.2 Å². The Morgan fingerprint density at radius 1 is 1.13 bits per heavy atom. The molecule has 2 N–H and O–H groups in total. The first-order valence-electron chi connectivity index (χ1n) is 12.8. The van der Waals surface area contributed by atoms with Crippen LogP contribution in [0.15, 0.2) is 47.4 Å². The maximum absolute atomic E-state index is 12.7. The number of rotatable bonds is 7. The van der Waals surface area contributed by atoms with Gasteiger partial charge in [0.2, 0.25) is 10.0 Å². The van der Waals surface area contributed by atoms with E-state index >= 15 is 0 Å². The number of hydrogen-bond acceptors (Lipinski definition) is 8. The van der Waals surface area contributed by atoms with Crippen LogP contribution in [0.2, 0.25) is 0 Å². The van der Waals surface area contributed by atoms with Gasteiger partial charge in [0.05, 0.1) is 10.5 Å². The Bertz CT molecular complexity index is 1380. The smallest absolute Gasteiger partial charge is 0.450 e. The normalized spacial score (nSPS) is 27.7. The number of hydrogen-bond donors (Lipinski definition) is 1. The fraction of sp³-hybridized carbons (Fsp3) is 0.481. The number of carbonyl (C=O) groups excluding carboxylic acids is 2. The quantitative estimate of drug-likeness (QED) is 0.401. The second-order valence-electron chi connectivity index (χ2n) is 10.7. The number of benzene rings is 2. The van der Waals surface area contributed by atoms with Crippen LogP contribution in [0.3, 0.4) is 0 Å². The molecule has 0 spiro atoms. The van der Waals surface area contributed by atoms with Gasteiger partial charge in [0.1, 0.15) is 0 Å². The molecule has 2 saturated carbocycles. The summed E-state index contributed by atoms with van der Waals surface area (Å²) in [6.07, 6.45) is 6.90. The Kier molecular flexibility index (Phi) is 7.45. The van der Waals surface area contributed by atoms with E-state index in [0.717, 1.165) is 50.3 Å². The van der Waals surface area contributed by atoms with Crippen LogP contribution < -0.4 is 9.79 Å². The molecule has 11 heteroatoms. The molecule has 0 amide bonds. The van der Waals surface area contributed by atoms with E-state index in [4.69, 9.17) is 31.3 Å². The van der Waals surface area contributed by atoms with Crippen LogP contribution in [0, 0.1) is 17.3 Å². The molecule has 0 bridgehead atoms. The molecule has 5 rings (SSSR count). The molecule has 0 heterocycles. The van der Waals surface area contributed by atoms with Gasteiger partial charge >= 0.3 is 150 Å². The van der Waals surface area contributed by atoms with Gasteiger partial charge in [-0.3, -0.25) is 0 Å². The van der Waals surface area contributed by atoms with E-state index in [9.17, 15) is 18.0 Å². The molecule has 200 valence electrons. The molecule has 8 nitrogen and oxygen atoms in total. The summed E-state index contributed by atoms with van der Waals surface area (Å²) >= 11 is 4.82. The molecule has 0 saturated heterocycles. The number of primary sulfonamides is 1. The topological polar surface area (TPSA) is 122 Å². The Balaban J connectivity index is 1.21. The van der Waals surface area contributed by atoms with Gasteiger partial charge in [-0.1, -0.05) is 6.07 Å². The van der Waals surface area contributed by atoms with Gasteiger partial charge in [-0.15, -0.1) is 0 Å². The molecule has 38 heavy (non-hydrogen) atoms. The van der Waals surface area contributed by atoms with Crippen molar-refractivity contribution in [3.8, 4) is 5.75 Å². The first-order chi connectivity index (χ1) is 18.1. The van der Waals surface area contributed by atoms with E-state index in [1.807, 2.05) is 6.07 Å². The Labute approximate surface area is 228 Å². The number of sulfonamides is 1. The summed E-state index contributed by atoms with van der Waals surface area (Å²) in [4.78, 5) is 24.9. The minimum absolute atomic E-state index is 0.00549. The first-order valence-corrected chi connectivity index (χ1v) is 14.8. The molecular formula is C27H30BNO7S2. The number of esters is 2. The Hall–Kier alpha value is -2.63. The summed E-state index contributed by atoms with van der Waals surface area (Å²) in [5.41, 5.74) is 2.61. The van der Waals surface area contributed by atoms with E-state index in [0.29, 0.717) is 17.8 Å². The molecule has 2 aromatic rings. The zero-order valence-electron chi connectivity index (χ0n) is 21.1. The SMILES string of the molecule is C[C@]12CCC3c4ccc(OB=S)cc4CCC3C1CC[C@@H]2OC(=O)COC(=O)c1cccc(S(N)(=O)=O)c1. The molecule has 0 aromatic heterocycles. The van der Waals surface area contributed by atoms with Crippen molar-refractivity contribution < 1.29 is 32.1 Å². The van der Waals surface area contributed by atoms with Gasteiger partial charge in [-0.25, -0.2) is 23.1 Å². The van der Waals surface area contributed by atoms with Gasteiger partial charge < -0.3 is 4.74 Å². The zero-order valence-corrected chi connectivity index (χ0v) is 22.8. The number of nitrogens with two attached hydrogens (primary N) is 1. The summed E-state index contributed by atoms with van der Waals surface area (Å²) in [5, 5.41) is 5.12. The summed E-state index contributed by atoms with van der Waals surface area (Å²) in [5.74, 6) is 0.836. The minimum atomic E-state index is -3.96. The standard InChI is InChI=1S/C27H30BNO7S2/c1-27-12-11-21-20-8-6-18(36-28-37)13-16(20)5-7-22(21)23(27)9-10-24(27)35-25(30)15-34-26(31)17-3-2-4-19(14-17)38(29,32)33/h2-4,6,8,13-14,21-24H,5,7,9-12,15H2,1H3,(H2,29,32,33)/t21?,22?,23?,24-,27-/m0/s1. The average Bonchev–Trinajstić information content (AvgIpc) is 3.22. The van der Waals surface area contributed by atoms with Gasteiger partial charge in [0, 0.05) is 0 Å². The van der Waals surface area contributed by atoms with E-state index in [1.165, 1.54) is 35.7 Å². The second kappa shape index (κ2) is 10.5. The van der Waals surface area contributed by atoms with Crippen molar-refractivity contribution in [2.45, 2.75) is 62.4 Å². The summed E-state index contributed by atoms with van der Waals surface area (Å²) in [6, 6.07) is 11.5. The fourth-order valence-corrected chi connectivity index (χ4v) is 7.70. The van der Waals surface area contributed by atoms with Gasteiger partial charge in [0.15, 0.2) is 6.61 Å². The van der Waals surface area contributed by atoms with E-state index < -0.39 is 28.6 Å². The summed E-state index contributed by atoms with van der Waals surface area (Å²) in [7, 11) is -3.96. The number of fused-ring (bicyclic) bond motifs is 5. The summed E-state index contributed by atoms with van der Waals surface area (Å²) in [6.45, 7) is 1.69. The van der Waals surface area contributed by atoms with Gasteiger partial charge in [-0.2, -0.15) is 0 Å². The van der Waals surface area contributed by atoms with Crippen LogP contribution in [-0.2, 0) is 30.7 Å². The Morgan fingerprint density at radius 3 is 2.71 bits per heavy atom. The molecule has 2 aromatic carbocycles. The van der Waals surface area contributed by atoms with Crippen molar-refractivity contribution in [3.63, 3.8) is 0 Å². The minimum Gasteiger partial charge on any atom is -0.450 e. The van der Waals surface area contributed by atoms with E-state index in [2.05, 4.69) is 19.1 Å². The average molecular weight is 555 g/mol. The fourth-order valence-electron chi connectivity index (χ4n) is 7.03. The Morgan fingerprint density at radius 2 is 1.95 bits per heavy atom. The van der Waals surface area contributed by atoms with Crippen LogP contribution in [0.25, 0.3) is 0 Å². The van der Waals surface area contributed by atoms with Crippen LogP contribution in [0.1, 0.15) is 66.4 Å². The third kappa shape index (κ3) is 5.16. The number of ether oxygens (including phenoxy) is 2. The predicted octanol–water partition coefficient (Wildman–Crippen LogP) is 4.07. The predicted molar refractivity (Wildman–Crippen MR) is 143 cm³/mol. The third-order valence-corrected chi connectivity index (χ3v) is 9.80. The maximum atomic E-state index is 12.7. The first kappa shape index (κ1) is 27.0. The molecule has 3 aliphatic carbocycles. The molecule has 5 atom stereocenters. The van der Waals surface area contributed by atoms with Crippen LogP contribution in [0.5, 0.6) is 5.75 Å². The van der Waals surface area contributed by atoms with E-state index in [1.54, 1.807) is 0 Å². The van der Waals surface area contributed by atoms with Crippen molar-refractivity contribution in [3.05, 3.63) is 59.2 Å². The van der Waals surface area contributed by atoms with Crippen LogP contribution >= 0.6 is 12.1 Å². The zero-order chi connectivity index (χ0) is 27.1. The molecular weight excluding hydrogens is 525 g/mol. The molecule has 3 unspecified atom stereocenters. The molecule has 2 fully saturated rings. The van der Waals surface area contributed by atoms with Crippen molar-refractivity contribution >= 4 is 40.4 Å². The van der Waals surface area contributed by atoms with Crippen molar-refractivity contribution in [2.75, 3.05) is 6.61 Å². The molecule has 3 aliphatic rings. The number of aryl methyl sites for hydroxylation is 1. The molecule has 0 aliphatic heterocycles. The monoisotopic (exact) mass is 555 g/mol. The van der Waals surface area contributed by atoms with Crippen LogP contribution in [-0.4, -0.2) is 39.4 Å². The second-order valence-corrected chi connectivity index (χ2v) is 12.5. The summed E-state index contributed by atoms with van der Waals surface area (Å²) < 4.78 is 39.5. The van der Waals surface area contributed by atoms with Crippen molar-refractivity contribution in [1.29, 1.82) is 0 Å². The third-order valence-electron chi connectivity index (χ3n) is 8.79. The van der Waals surface area contributed by atoms with Gasteiger partial charge in [0.25, 0.3) is 0 Å². The van der Waals surface area contributed by atoms with Crippen molar-refractivity contribution in [2.24, 2.45) is 22.4 Å². The molecule has 0 radical (unpaired) electrons.